The number of amides is 2. The van der Waals surface area contributed by atoms with Crippen molar-refractivity contribution in [1.82, 2.24) is 9.97 Å². The zero-order chi connectivity index (χ0) is 17.9. The molecule has 0 saturated carbocycles. The summed E-state index contributed by atoms with van der Waals surface area (Å²) in [6.07, 6.45) is 3.10. The molecule has 0 radical (unpaired) electrons. The highest BCUT2D eigenvalue weighted by atomic mass is 32.1. The smallest absolute Gasteiger partial charge is 0.276 e. The van der Waals surface area contributed by atoms with Crippen LogP contribution in [-0.2, 0) is 9.53 Å². The standard InChI is InChI=1S/C17H19N5O3S/c23-15-2-1-5-22(15)14-11-26-17(19-14)20-16(24)13-4-3-12(10-18-13)21-6-8-25-9-7-21/h3-4,10-11H,1-2,5-9H2,(H,19,20,24). The van der Waals surface area contributed by atoms with Crippen LogP contribution in [0.1, 0.15) is 23.3 Å². The van der Waals surface area contributed by atoms with Gasteiger partial charge in [-0.2, -0.15) is 0 Å². The maximum absolute atomic E-state index is 12.4. The van der Waals surface area contributed by atoms with Gasteiger partial charge in [-0.1, -0.05) is 0 Å². The Morgan fingerprint density at radius 3 is 2.77 bits per heavy atom. The number of ether oxygens (including phenoxy) is 1. The Hall–Kier alpha value is -2.52. The van der Waals surface area contributed by atoms with Crippen molar-refractivity contribution >= 4 is 39.8 Å². The number of pyridine rings is 1. The highest BCUT2D eigenvalue weighted by molar-refractivity contribution is 7.14. The van der Waals surface area contributed by atoms with Gasteiger partial charge in [0, 0.05) is 31.4 Å². The zero-order valence-corrected chi connectivity index (χ0v) is 15.0. The van der Waals surface area contributed by atoms with Crippen LogP contribution >= 0.6 is 11.3 Å². The first-order chi connectivity index (χ1) is 12.7. The van der Waals surface area contributed by atoms with Gasteiger partial charge in [0.1, 0.15) is 11.5 Å². The number of carbonyl (C=O) groups excluding carboxylic acids is 2. The SMILES string of the molecule is O=C(Nc1nc(N2CCCC2=O)cs1)c1ccc(N2CCOCC2)cn1. The van der Waals surface area contributed by atoms with E-state index in [1.807, 2.05) is 6.07 Å². The maximum Gasteiger partial charge on any atom is 0.276 e. The molecule has 2 fully saturated rings. The lowest BCUT2D eigenvalue weighted by molar-refractivity contribution is -0.117. The largest absolute Gasteiger partial charge is 0.378 e. The van der Waals surface area contributed by atoms with Gasteiger partial charge < -0.3 is 9.64 Å². The number of aromatic nitrogens is 2. The van der Waals surface area contributed by atoms with E-state index in [-0.39, 0.29) is 11.8 Å². The van der Waals surface area contributed by atoms with Gasteiger partial charge in [-0.25, -0.2) is 9.97 Å². The summed E-state index contributed by atoms with van der Waals surface area (Å²) < 4.78 is 5.34. The summed E-state index contributed by atoms with van der Waals surface area (Å²) >= 11 is 1.30. The number of nitrogens with zero attached hydrogens (tertiary/aromatic N) is 4. The third kappa shape index (κ3) is 3.54. The van der Waals surface area contributed by atoms with Crippen LogP contribution in [0.2, 0.25) is 0 Å². The maximum atomic E-state index is 12.4. The quantitative estimate of drug-likeness (QED) is 0.879. The van der Waals surface area contributed by atoms with Crippen LogP contribution in [-0.4, -0.2) is 54.6 Å². The molecule has 26 heavy (non-hydrogen) atoms. The Labute approximate surface area is 154 Å². The van der Waals surface area contributed by atoms with E-state index in [0.717, 1.165) is 25.2 Å². The van der Waals surface area contributed by atoms with E-state index < -0.39 is 0 Å². The summed E-state index contributed by atoms with van der Waals surface area (Å²) in [5.41, 5.74) is 1.31. The Morgan fingerprint density at radius 1 is 1.23 bits per heavy atom. The van der Waals surface area contributed by atoms with Crippen LogP contribution in [0.4, 0.5) is 16.6 Å². The normalized spacial score (nSPS) is 17.6. The molecule has 0 spiro atoms. The van der Waals surface area contributed by atoms with E-state index in [1.165, 1.54) is 11.3 Å². The molecule has 2 saturated heterocycles. The van der Waals surface area contributed by atoms with Crippen LogP contribution in [0.3, 0.4) is 0 Å². The van der Waals surface area contributed by atoms with Crippen molar-refractivity contribution in [2.24, 2.45) is 0 Å². The minimum atomic E-state index is -0.313. The second kappa shape index (κ2) is 7.38. The van der Waals surface area contributed by atoms with Crippen LogP contribution in [0.25, 0.3) is 0 Å². The number of thiazole rings is 1. The predicted octanol–water partition coefficient (Wildman–Crippen LogP) is 1.75. The summed E-state index contributed by atoms with van der Waals surface area (Å²) in [6.45, 7) is 3.73. The molecular weight excluding hydrogens is 354 g/mol. The first-order valence-electron chi connectivity index (χ1n) is 8.57. The van der Waals surface area contributed by atoms with Crippen molar-refractivity contribution in [1.29, 1.82) is 0 Å². The summed E-state index contributed by atoms with van der Waals surface area (Å²) in [4.78, 5) is 36.6. The summed E-state index contributed by atoms with van der Waals surface area (Å²) in [6, 6.07) is 3.60. The van der Waals surface area contributed by atoms with Crippen molar-refractivity contribution in [3.8, 4) is 0 Å². The van der Waals surface area contributed by atoms with E-state index in [0.29, 0.717) is 42.8 Å². The molecule has 136 valence electrons. The molecule has 4 rings (SSSR count). The van der Waals surface area contributed by atoms with E-state index in [9.17, 15) is 9.59 Å². The van der Waals surface area contributed by atoms with Gasteiger partial charge in [0.2, 0.25) is 5.91 Å². The molecule has 9 heteroatoms. The van der Waals surface area contributed by atoms with Crippen LogP contribution in [0, 0.1) is 0 Å². The molecule has 4 heterocycles. The third-order valence-electron chi connectivity index (χ3n) is 4.42. The van der Waals surface area contributed by atoms with Gasteiger partial charge in [0.25, 0.3) is 5.91 Å². The number of hydrogen-bond acceptors (Lipinski definition) is 7. The average molecular weight is 373 g/mol. The van der Waals surface area contributed by atoms with Gasteiger partial charge >= 0.3 is 0 Å². The molecule has 2 aromatic heterocycles. The highest BCUT2D eigenvalue weighted by Crippen LogP contribution is 2.26. The lowest BCUT2D eigenvalue weighted by atomic mass is 10.3. The van der Waals surface area contributed by atoms with Crippen LogP contribution in [0.5, 0.6) is 0 Å². The Morgan fingerprint density at radius 2 is 2.08 bits per heavy atom. The number of hydrogen-bond donors (Lipinski definition) is 1. The molecule has 0 aliphatic carbocycles. The van der Waals surface area contributed by atoms with Crippen molar-refractivity contribution < 1.29 is 14.3 Å². The fraction of sp³-hybridized carbons (Fsp3) is 0.412. The van der Waals surface area contributed by atoms with Crippen molar-refractivity contribution in [3.63, 3.8) is 0 Å². The van der Waals surface area contributed by atoms with Gasteiger partial charge in [0.15, 0.2) is 5.13 Å². The summed E-state index contributed by atoms with van der Waals surface area (Å²) in [5.74, 6) is 0.365. The summed E-state index contributed by atoms with van der Waals surface area (Å²) in [7, 11) is 0. The molecule has 0 bridgehead atoms. The molecule has 0 unspecified atom stereocenters. The first kappa shape index (κ1) is 16.9. The van der Waals surface area contributed by atoms with Crippen molar-refractivity contribution in [2.45, 2.75) is 12.8 Å². The van der Waals surface area contributed by atoms with Gasteiger partial charge in [-0.15, -0.1) is 11.3 Å². The second-order valence-corrected chi connectivity index (χ2v) is 6.97. The number of carbonyl (C=O) groups is 2. The minimum absolute atomic E-state index is 0.0774. The van der Waals surface area contributed by atoms with E-state index >= 15 is 0 Å². The highest BCUT2D eigenvalue weighted by Gasteiger charge is 2.24. The first-order valence-corrected chi connectivity index (χ1v) is 9.45. The zero-order valence-electron chi connectivity index (χ0n) is 14.2. The molecule has 0 atom stereocenters. The molecule has 2 aliphatic rings. The molecule has 2 aliphatic heterocycles. The molecule has 1 N–H and O–H groups in total. The van der Waals surface area contributed by atoms with E-state index in [2.05, 4.69) is 20.2 Å². The lowest BCUT2D eigenvalue weighted by Crippen LogP contribution is -2.36. The molecule has 8 nitrogen and oxygen atoms in total. The molecule has 2 aromatic rings. The van der Waals surface area contributed by atoms with Crippen molar-refractivity contribution in [2.75, 3.05) is 48.0 Å². The fourth-order valence-electron chi connectivity index (χ4n) is 3.03. The summed E-state index contributed by atoms with van der Waals surface area (Å²) in [5, 5.41) is 5.00. The van der Waals surface area contributed by atoms with Gasteiger partial charge in [0.05, 0.1) is 25.1 Å². The van der Waals surface area contributed by atoms with Gasteiger partial charge in [-0.05, 0) is 18.6 Å². The predicted molar refractivity (Wildman–Crippen MR) is 98.9 cm³/mol. The monoisotopic (exact) mass is 373 g/mol. The third-order valence-corrected chi connectivity index (χ3v) is 5.16. The Bertz CT molecular complexity index is 801. The number of nitrogens with one attached hydrogen (secondary N) is 1. The molecule has 2 amide bonds. The fourth-order valence-corrected chi connectivity index (χ4v) is 3.72. The number of morpholine rings is 1. The number of rotatable bonds is 4. The van der Waals surface area contributed by atoms with E-state index in [4.69, 9.17) is 4.74 Å². The minimum Gasteiger partial charge on any atom is -0.378 e. The lowest BCUT2D eigenvalue weighted by Gasteiger charge is -2.28. The second-order valence-electron chi connectivity index (χ2n) is 6.11. The van der Waals surface area contributed by atoms with Crippen LogP contribution < -0.4 is 15.1 Å². The Balaban J connectivity index is 1.40. The van der Waals surface area contributed by atoms with Crippen molar-refractivity contribution in [3.05, 3.63) is 29.4 Å². The van der Waals surface area contributed by atoms with Crippen LogP contribution in [0.15, 0.2) is 23.7 Å². The number of anilines is 3. The molecular formula is C17H19N5O3S. The topological polar surface area (TPSA) is 87.7 Å². The van der Waals surface area contributed by atoms with Gasteiger partial charge in [-0.3, -0.25) is 19.8 Å². The average Bonchev–Trinajstić information content (AvgIpc) is 3.31. The Kier molecular flexibility index (Phi) is 4.81. The van der Waals surface area contributed by atoms with E-state index in [1.54, 1.807) is 22.5 Å². The molecule has 0 aromatic carbocycles.